The van der Waals surface area contributed by atoms with Crippen molar-refractivity contribution in [1.82, 2.24) is 19.8 Å². The Hall–Kier alpha value is -1.65. The summed E-state index contributed by atoms with van der Waals surface area (Å²) in [6.45, 7) is 7.55. The van der Waals surface area contributed by atoms with Crippen molar-refractivity contribution in [2.75, 3.05) is 13.1 Å². The van der Waals surface area contributed by atoms with Crippen LogP contribution in [-0.2, 0) is 6.54 Å². The Labute approximate surface area is 120 Å². The van der Waals surface area contributed by atoms with Crippen molar-refractivity contribution in [1.29, 1.82) is 0 Å². The molecule has 1 N–H and O–H groups in total. The molecule has 1 aliphatic heterocycles. The molecule has 0 amide bonds. The Balaban J connectivity index is 1.83. The van der Waals surface area contributed by atoms with E-state index in [1.54, 1.807) is 0 Å². The molecule has 2 heterocycles. The number of aromatic nitrogens is 2. The second-order valence-corrected chi connectivity index (χ2v) is 5.58. The summed E-state index contributed by atoms with van der Waals surface area (Å²) in [5.41, 5.74) is 1.18. The molecule has 0 bridgehead atoms. The van der Waals surface area contributed by atoms with Crippen LogP contribution in [0.15, 0.2) is 42.7 Å². The maximum Gasteiger partial charge on any atom is 0.127 e. The van der Waals surface area contributed by atoms with E-state index in [-0.39, 0.29) is 0 Å². The van der Waals surface area contributed by atoms with Gasteiger partial charge in [-0.2, -0.15) is 0 Å². The van der Waals surface area contributed by atoms with Crippen LogP contribution >= 0.6 is 0 Å². The zero-order chi connectivity index (χ0) is 13.9. The lowest BCUT2D eigenvalue weighted by atomic mass is 10.1. The number of nitrogens with one attached hydrogen (secondary N) is 1. The largest absolute Gasteiger partial charge is 0.314 e. The highest BCUT2D eigenvalue weighted by atomic mass is 15.3. The number of rotatable bonds is 3. The third-order valence-corrected chi connectivity index (χ3v) is 4.09. The first-order valence-corrected chi connectivity index (χ1v) is 7.30. The van der Waals surface area contributed by atoms with Gasteiger partial charge in [-0.15, -0.1) is 0 Å². The fourth-order valence-electron chi connectivity index (χ4n) is 2.92. The lowest BCUT2D eigenvalue weighted by Gasteiger charge is -2.39. The highest BCUT2D eigenvalue weighted by molar-refractivity contribution is 5.32. The first kappa shape index (κ1) is 13.3. The van der Waals surface area contributed by atoms with Crippen LogP contribution < -0.4 is 5.32 Å². The summed E-state index contributed by atoms with van der Waals surface area (Å²) in [5.74, 6) is 1.11. The highest BCUT2D eigenvalue weighted by Crippen LogP contribution is 2.16. The van der Waals surface area contributed by atoms with Gasteiger partial charge in [0.1, 0.15) is 5.82 Å². The van der Waals surface area contributed by atoms with Gasteiger partial charge in [-0.1, -0.05) is 18.2 Å². The number of imidazole rings is 1. The number of hydrogen-bond acceptors (Lipinski definition) is 3. The van der Waals surface area contributed by atoms with E-state index in [0.29, 0.717) is 12.1 Å². The molecule has 0 radical (unpaired) electrons. The minimum Gasteiger partial charge on any atom is -0.314 e. The molecule has 2 atom stereocenters. The van der Waals surface area contributed by atoms with Crippen molar-refractivity contribution < 1.29 is 0 Å². The van der Waals surface area contributed by atoms with Crippen LogP contribution in [0.4, 0.5) is 0 Å². The van der Waals surface area contributed by atoms with Crippen molar-refractivity contribution in [3.63, 3.8) is 0 Å². The molecular formula is C16H22N4. The van der Waals surface area contributed by atoms with Crippen molar-refractivity contribution in [2.24, 2.45) is 0 Å². The normalized spacial score (nSPS) is 23.9. The van der Waals surface area contributed by atoms with Crippen LogP contribution in [0.2, 0.25) is 0 Å². The number of para-hydroxylation sites is 1. The molecule has 0 saturated carbocycles. The predicted octanol–water partition coefficient (Wildman–Crippen LogP) is 2.05. The molecule has 0 spiro atoms. The summed E-state index contributed by atoms with van der Waals surface area (Å²) in [4.78, 5) is 7.08. The van der Waals surface area contributed by atoms with Gasteiger partial charge in [0.25, 0.3) is 0 Å². The smallest absolute Gasteiger partial charge is 0.127 e. The summed E-state index contributed by atoms with van der Waals surface area (Å²) in [6.07, 6.45) is 3.93. The van der Waals surface area contributed by atoms with Gasteiger partial charge in [0.15, 0.2) is 0 Å². The van der Waals surface area contributed by atoms with E-state index < -0.39 is 0 Å². The molecule has 1 aliphatic rings. The van der Waals surface area contributed by atoms with Gasteiger partial charge < -0.3 is 9.88 Å². The lowest BCUT2D eigenvalue weighted by molar-refractivity contribution is 0.105. The van der Waals surface area contributed by atoms with Crippen LogP contribution in [0.5, 0.6) is 0 Å². The standard InChI is InChI=1S/C16H22N4/c1-13-10-17-11-14(2)20(13)12-16-18-8-9-19(16)15-6-4-3-5-7-15/h3-9,13-14,17H,10-12H2,1-2H3/t13-,14+. The van der Waals surface area contributed by atoms with Crippen molar-refractivity contribution in [3.05, 3.63) is 48.5 Å². The van der Waals surface area contributed by atoms with E-state index in [9.17, 15) is 0 Å². The zero-order valence-corrected chi connectivity index (χ0v) is 12.2. The van der Waals surface area contributed by atoms with E-state index in [4.69, 9.17) is 0 Å². The molecule has 2 aromatic rings. The quantitative estimate of drug-likeness (QED) is 0.926. The lowest BCUT2D eigenvalue weighted by Crippen LogP contribution is -2.54. The van der Waals surface area contributed by atoms with Gasteiger partial charge in [-0.3, -0.25) is 4.90 Å². The molecule has 0 unspecified atom stereocenters. The van der Waals surface area contributed by atoms with Crippen LogP contribution in [0.25, 0.3) is 5.69 Å². The highest BCUT2D eigenvalue weighted by Gasteiger charge is 2.25. The minimum absolute atomic E-state index is 0.541. The average molecular weight is 270 g/mol. The maximum absolute atomic E-state index is 4.56. The molecule has 4 heteroatoms. The summed E-state index contributed by atoms with van der Waals surface area (Å²) in [6, 6.07) is 11.5. The molecule has 1 aromatic heterocycles. The zero-order valence-electron chi connectivity index (χ0n) is 12.2. The van der Waals surface area contributed by atoms with Crippen molar-refractivity contribution in [3.8, 4) is 5.69 Å². The van der Waals surface area contributed by atoms with E-state index in [2.05, 4.69) is 57.9 Å². The topological polar surface area (TPSA) is 33.1 Å². The Morgan fingerprint density at radius 1 is 1.15 bits per heavy atom. The minimum atomic E-state index is 0.541. The second kappa shape index (κ2) is 5.77. The van der Waals surface area contributed by atoms with Crippen LogP contribution in [0.1, 0.15) is 19.7 Å². The fraction of sp³-hybridized carbons (Fsp3) is 0.438. The van der Waals surface area contributed by atoms with Crippen molar-refractivity contribution in [2.45, 2.75) is 32.5 Å². The van der Waals surface area contributed by atoms with E-state index in [0.717, 1.165) is 25.5 Å². The third-order valence-electron chi connectivity index (χ3n) is 4.09. The monoisotopic (exact) mass is 270 g/mol. The number of nitrogens with zero attached hydrogens (tertiary/aromatic N) is 3. The fourth-order valence-corrected chi connectivity index (χ4v) is 2.92. The molecule has 1 saturated heterocycles. The number of hydrogen-bond donors (Lipinski definition) is 1. The summed E-state index contributed by atoms with van der Waals surface area (Å²) in [7, 11) is 0. The third kappa shape index (κ3) is 2.62. The van der Waals surface area contributed by atoms with Gasteiger partial charge in [0, 0.05) is 43.3 Å². The van der Waals surface area contributed by atoms with Gasteiger partial charge in [-0.25, -0.2) is 4.98 Å². The van der Waals surface area contributed by atoms with Gasteiger partial charge in [0.2, 0.25) is 0 Å². The molecule has 106 valence electrons. The van der Waals surface area contributed by atoms with E-state index in [1.807, 2.05) is 18.5 Å². The van der Waals surface area contributed by atoms with E-state index >= 15 is 0 Å². The number of piperazine rings is 1. The van der Waals surface area contributed by atoms with E-state index in [1.165, 1.54) is 5.69 Å². The van der Waals surface area contributed by atoms with Crippen LogP contribution in [0, 0.1) is 0 Å². The number of benzene rings is 1. The Bertz CT molecular complexity index is 539. The first-order chi connectivity index (χ1) is 9.75. The molecule has 20 heavy (non-hydrogen) atoms. The second-order valence-electron chi connectivity index (χ2n) is 5.58. The molecule has 4 nitrogen and oxygen atoms in total. The summed E-state index contributed by atoms with van der Waals surface area (Å²) >= 11 is 0. The van der Waals surface area contributed by atoms with Gasteiger partial charge in [0.05, 0.1) is 6.54 Å². The molecule has 1 fully saturated rings. The molecule has 0 aliphatic carbocycles. The molecule has 1 aromatic carbocycles. The Morgan fingerprint density at radius 2 is 1.85 bits per heavy atom. The molecule has 3 rings (SSSR count). The summed E-state index contributed by atoms with van der Waals surface area (Å²) in [5, 5.41) is 3.47. The Kier molecular flexibility index (Phi) is 3.85. The first-order valence-electron chi connectivity index (χ1n) is 7.30. The average Bonchev–Trinajstić information content (AvgIpc) is 2.92. The van der Waals surface area contributed by atoms with Gasteiger partial charge >= 0.3 is 0 Å². The van der Waals surface area contributed by atoms with Gasteiger partial charge in [-0.05, 0) is 26.0 Å². The SMILES string of the molecule is C[C@@H]1CNC[C@H](C)N1Cc1nccn1-c1ccccc1. The maximum atomic E-state index is 4.56. The van der Waals surface area contributed by atoms with Crippen LogP contribution in [0.3, 0.4) is 0 Å². The van der Waals surface area contributed by atoms with Crippen LogP contribution in [-0.4, -0.2) is 39.6 Å². The predicted molar refractivity (Wildman–Crippen MR) is 80.9 cm³/mol. The Morgan fingerprint density at radius 3 is 2.55 bits per heavy atom. The molecular weight excluding hydrogens is 248 g/mol. The van der Waals surface area contributed by atoms with Crippen molar-refractivity contribution >= 4 is 0 Å². The summed E-state index contributed by atoms with van der Waals surface area (Å²) < 4.78 is 2.18.